The Hall–Kier alpha value is -1.71. The number of carbonyl (C=O) groups is 1. The largest absolute Gasteiger partial charge is 0.444 e. The maximum absolute atomic E-state index is 12.1. The number of aromatic nitrogens is 2. The van der Waals surface area contributed by atoms with Crippen molar-refractivity contribution in [2.75, 3.05) is 45.9 Å². The van der Waals surface area contributed by atoms with Crippen LogP contribution in [0.3, 0.4) is 0 Å². The van der Waals surface area contributed by atoms with Gasteiger partial charge in [0.25, 0.3) is 0 Å². The van der Waals surface area contributed by atoms with Crippen molar-refractivity contribution in [1.29, 1.82) is 0 Å². The van der Waals surface area contributed by atoms with Gasteiger partial charge in [-0.3, -0.25) is 9.80 Å². The summed E-state index contributed by atoms with van der Waals surface area (Å²) in [4.78, 5) is 21.5. The van der Waals surface area contributed by atoms with Crippen molar-refractivity contribution < 1.29 is 18.8 Å². The molecule has 2 aliphatic rings. The minimum Gasteiger partial charge on any atom is -0.444 e. The van der Waals surface area contributed by atoms with Crippen LogP contribution in [0, 0.1) is 5.92 Å². The van der Waals surface area contributed by atoms with Gasteiger partial charge in [0.15, 0.2) is 5.82 Å². The third-order valence-electron chi connectivity index (χ3n) is 5.86. The number of morpholine rings is 1. The molecule has 0 aromatic carbocycles. The number of ether oxygens (including phenoxy) is 2. The van der Waals surface area contributed by atoms with E-state index in [1.54, 1.807) is 0 Å². The molecule has 0 spiro atoms. The van der Waals surface area contributed by atoms with Crippen molar-refractivity contribution in [2.45, 2.75) is 71.6 Å². The molecule has 176 valence electrons. The fourth-order valence-corrected chi connectivity index (χ4v) is 4.00. The monoisotopic (exact) mass is 437 g/mol. The molecule has 2 saturated heterocycles. The summed E-state index contributed by atoms with van der Waals surface area (Å²) in [5, 5.41) is 6.92. The van der Waals surface area contributed by atoms with E-state index in [-0.39, 0.29) is 0 Å². The van der Waals surface area contributed by atoms with Crippen molar-refractivity contribution in [2.24, 2.45) is 5.92 Å². The molecule has 3 rings (SSSR count). The lowest BCUT2D eigenvalue weighted by molar-refractivity contribution is 0.0333. The predicted octanol–water partition coefficient (Wildman–Crippen LogP) is 2.76. The number of amides is 1. The fraction of sp³-hybridized carbons (Fsp3) is 0.864. The number of nitrogens with zero attached hydrogens (tertiary/aromatic N) is 4. The topological polar surface area (TPSA) is 93.0 Å². The molecule has 9 nitrogen and oxygen atoms in total. The zero-order valence-electron chi connectivity index (χ0n) is 19.8. The highest BCUT2D eigenvalue weighted by atomic mass is 16.6. The number of hydrogen-bond donors (Lipinski definition) is 1. The van der Waals surface area contributed by atoms with Crippen molar-refractivity contribution in [3.63, 3.8) is 0 Å². The van der Waals surface area contributed by atoms with E-state index in [0.717, 1.165) is 45.3 Å². The Morgan fingerprint density at radius 1 is 1.10 bits per heavy atom. The summed E-state index contributed by atoms with van der Waals surface area (Å²) < 4.78 is 16.2. The number of carbonyl (C=O) groups excluding carboxylic acids is 1. The van der Waals surface area contributed by atoms with Gasteiger partial charge in [0.2, 0.25) is 5.89 Å². The van der Waals surface area contributed by atoms with E-state index < -0.39 is 17.2 Å². The van der Waals surface area contributed by atoms with Gasteiger partial charge < -0.3 is 19.3 Å². The highest BCUT2D eigenvalue weighted by Gasteiger charge is 2.31. The average molecular weight is 438 g/mol. The third kappa shape index (κ3) is 7.73. The predicted molar refractivity (Wildman–Crippen MR) is 117 cm³/mol. The second-order valence-electron chi connectivity index (χ2n) is 10.2. The van der Waals surface area contributed by atoms with Crippen LogP contribution in [-0.2, 0) is 21.6 Å². The summed E-state index contributed by atoms with van der Waals surface area (Å²) in [5.74, 6) is 1.82. The van der Waals surface area contributed by atoms with E-state index >= 15 is 0 Å². The molecule has 1 amide bonds. The van der Waals surface area contributed by atoms with Gasteiger partial charge in [-0.15, -0.1) is 0 Å². The fourth-order valence-electron chi connectivity index (χ4n) is 4.00. The van der Waals surface area contributed by atoms with Crippen LogP contribution in [-0.4, -0.2) is 77.6 Å². The van der Waals surface area contributed by atoms with Crippen LogP contribution in [0.1, 0.15) is 65.6 Å². The van der Waals surface area contributed by atoms with E-state index in [0.29, 0.717) is 18.3 Å². The van der Waals surface area contributed by atoms with Gasteiger partial charge >= 0.3 is 6.09 Å². The van der Waals surface area contributed by atoms with Crippen LogP contribution in [0.4, 0.5) is 4.79 Å². The van der Waals surface area contributed by atoms with Crippen LogP contribution >= 0.6 is 0 Å². The number of alkyl carbamates (subject to hydrolysis) is 1. The minimum atomic E-state index is -0.781. The number of likely N-dealkylation sites (tertiary alicyclic amines) is 1. The summed E-state index contributed by atoms with van der Waals surface area (Å²) >= 11 is 0. The van der Waals surface area contributed by atoms with Gasteiger partial charge in [0.1, 0.15) is 11.1 Å². The summed E-state index contributed by atoms with van der Waals surface area (Å²) in [6.07, 6.45) is 3.18. The number of rotatable bonds is 7. The van der Waals surface area contributed by atoms with E-state index in [1.807, 2.05) is 34.6 Å². The minimum absolute atomic E-state index is 0.453. The summed E-state index contributed by atoms with van der Waals surface area (Å²) in [5.41, 5.74) is -1.34. The summed E-state index contributed by atoms with van der Waals surface area (Å²) in [6, 6.07) is 0. The first-order chi connectivity index (χ1) is 14.6. The number of piperidine rings is 1. The molecule has 3 heterocycles. The first-order valence-corrected chi connectivity index (χ1v) is 11.5. The molecule has 9 heteroatoms. The highest BCUT2D eigenvalue weighted by Crippen LogP contribution is 2.23. The van der Waals surface area contributed by atoms with E-state index in [2.05, 4.69) is 25.3 Å². The third-order valence-corrected chi connectivity index (χ3v) is 5.86. The molecule has 0 saturated carbocycles. The lowest BCUT2D eigenvalue weighted by Gasteiger charge is -2.33. The number of nitrogens with one attached hydrogen (secondary N) is 1. The van der Waals surface area contributed by atoms with E-state index in [9.17, 15) is 4.79 Å². The molecule has 0 radical (unpaired) electrons. The zero-order valence-corrected chi connectivity index (χ0v) is 19.8. The molecule has 0 bridgehead atoms. The molecular weight excluding hydrogens is 398 g/mol. The molecule has 0 atom stereocenters. The molecular formula is C22H39N5O4. The lowest BCUT2D eigenvalue weighted by Crippen LogP contribution is -2.44. The van der Waals surface area contributed by atoms with Gasteiger partial charge in [0, 0.05) is 13.1 Å². The Balaban J connectivity index is 1.42. The Bertz CT molecular complexity index is 701. The van der Waals surface area contributed by atoms with Crippen molar-refractivity contribution in [1.82, 2.24) is 25.3 Å². The standard InChI is InChI=1S/C22H39N5O4/c1-21(2,3)30-20(28)24-22(4,5)19-23-18(31-25-19)16-27-10-7-17(8-11-27)6-9-26-12-14-29-15-13-26/h17H,6-16H2,1-5H3,(H,24,28). The second kappa shape index (κ2) is 10.3. The lowest BCUT2D eigenvalue weighted by atomic mass is 9.93. The van der Waals surface area contributed by atoms with Crippen molar-refractivity contribution in [3.8, 4) is 0 Å². The molecule has 2 fully saturated rings. The molecule has 2 aliphatic heterocycles. The Morgan fingerprint density at radius 3 is 2.42 bits per heavy atom. The first-order valence-electron chi connectivity index (χ1n) is 11.5. The SMILES string of the molecule is CC(C)(C)OC(=O)NC(C)(C)c1noc(CN2CCC(CCN3CCOCC3)CC2)n1. The Labute approximate surface area is 185 Å². The van der Waals surface area contributed by atoms with Crippen LogP contribution in [0.2, 0.25) is 0 Å². The second-order valence-corrected chi connectivity index (χ2v) is 10.2. The highest BCUT2D eigenvalue weighted by molar-refractivity contribution is 5.68. The average Bonchev–Trinajstić information content (AvgIpc) is 3.16. The smallest absolute Gasteiger partial charge is 0.408 e. The maximum atomic E-state index is 12.1. The first kappa shape index (κ1) is 23.9. The normalized spacial score (nSPS) is 20.0. The van der Waals surface area contributed by atoms with Gasteiger partial charge in [0.05, 0.1) is 19.8 Å². The Morgan fingerprint density at radius 2 is 1.77 bits per heavy atom. The summed E-state index contributed by atoms with van der Waals surface area (Å²) in [7, 11) is 0. The molecule has 1 aromatic rings. The Kier molecular flexibility index (Phi) is 7.93. The van der Waals surface area contributed by atoms with Crippen LogP contribution in [0.15, 0.2) is 4.52 Å². The van der Waals surface area contributed by atoms with Crippen LogP contribution < -0.4 is 5.32 Å². The zero-order chi connectivity index (χ0) is 22.5. The van der Waals surface area contributed by atoms with E-state index in [1.165, 1.54) is 25.8 Å². The van der Waals surface area contributed by atoms with Crippen molar-refractivity contribution >= 4 is 6.09 Å². The molecule has 1 aromatic heterocycles. The van der Waals surface area contributed by atoms with Crippen LogP contribution in [0.5, 0.6) is 0 Å². The van der Waals surface area contributed by atoms with Crippen LogP contribution in [0.25, 0.3) is 0 Å². The molecule has 0 unspecified atom stereocenters. The molecule has 1 N–H and O–H groups in total. The van der Waals surface area contributed by atoms with Gasteiger partial charge in [-0.2, -0.15) is 4.98 Å². The number of hydrogen-bond acceptors (Lipinski definition) is 8. The van der Waals surface area contributed by atoms with Crippen molar-refractivity contribution in [3.05, 3.63) is 11.7 Å². The summed E-state index contributed by atoms with van der Waals surface area (Å²) in [6.45, 7) is 17.0. The van der Waals surface area contributed by atoms with Gasteiger partial charge in [-0.1, -0.05) is 5.16 Å². The van der Waals surface area contributed by atoms with Gasteiger partial charge in [-0.25, -0.2) is 4.79 Å². The molecule has 31 heavy (non-hydrogen) atoms. The molecule has 0 aliphatic carbocycles. The maximum Gasteiger partial charge on any atom is 0.408 e. The van der Waals surface area contributed by atoms with Gasteiger partial charge in [-0.05, 0) is 79.4 Å². The van der Waals surface area contributed by atoms with E-state index in [4.69, 9.17) is 14.0 Å². The quantitative estimate of drug-likeness (QED) is 0.696.